The molecule has 0 spiro atoms. The Bertz CT molecular complexity index is 433. The van der Waals surface area contributed by atoms with Crippen LogP contribution in [0.25, 0.3) is 0 Å². The number of carbonyl (C=O) groups excluding carboxylic acids is 1. The van der Waals surface area contributed by atoms with Gasteiger partial charge in [0.25, 0.3) is 0 Å². The molecule has 3 N–H and O–H groups in total. The van der Waals surface area contributed by atoms with Crippen molar-refractivity contribution in [2.24, 2.45) is 5.92 Å². The van der Waals surface area contributed by atoms with E-state index in [0.717, 1.165) is 37.1 Å². The molecule has 1 aromatic carbocycles. The van der Waals surface area contributed by atoms with Crippen molar-refractivity contribution in [2.45, 2.75) is 31.8 Å². The molecule has 0 bridgehead atoms. The Balaban J connectivity index is 1.74. The van der Waals surface area contributed by atoms with Gasteiger partial charge in [-0.1, -0.05) is 6.42 Å². The number of amides is 2. The fourth-order valence-electron chi connectivity index (χ4n) is 2.53. The number of hydrogen-bond donors (Lipinski definition) is 3. The number of anilines is 1. The minimum absolute atomic E-state index is 0.208. The zero-order chi connectivity index (χ0) is 14.4. The van der Waals surface area contributed by atoms with Crippen LogP contribution in [0.3, 0.4) is 0 Å². The van der Waals surface area contributed by atoms with E-state index in [9.17, 15) is 9.90 Å². The molecular weight excluding hydrogens is 256 g/mol. The number of benzene rings is 1. The number of ether oxygens (including phenoxy) is 1. The largest absolute Gasteiger partial charge is 0.497 e. The molecule has 110 valence electrons. The topological polar surface area (TPSA) is 70.6 Å². The lowest BCUT2D eigenvalue weighted by atomic mass is 9.87. The number of nitrogens with one attached hydrogen (secondary N) is 2. The normalized spacial score (nSPS) is 22.1. The lowest BCUT2D eigenvalue weighted by molar-refractivity contribution is 0.101. The number of urea groups is 1. The van der Waals surface area contributed by atoms with Crippen LogP contribution in [0.4, 0.5) is 10.5 Å². The summed E-state index contributed by atoms with van der Waals surface area (Å²) in [7, 11) is 1.60. The lowest BCUT2D eigenvalue weighted by Gasteiger charge is -2.25. The number of carbonyl (C=O) groups is 1. The monoisotopic (exact) mass is 278 g/mol. The van der Waals surface area contributed by atoms with Gasteiger partial charge in [-0.2, -0.15) is 0 Å². The average Bonchev–Trinajstić information content (AvgIpc) is 2.46. The van der Waals surface area contributed by atoms with E-state index in [-0.39, 0.29) is 12.1 Å². The van der Waals surface area contributed by atoms with E-state index >= 15 is 0 Å². The van der Waals surface area contributed by atoms with Crippen molar-refractivity contribution in [3.05, 3.63) is 24.3 Å². The van der Waals surface area contributed by atoms with E-state index in [4.69, 9.17) is 4.74 Å². The van der Waals surface area contributed by atoms with Gasteiger partial charge in [-0.15, -0.1) is 0 Å². The van der Waals surface area contributed by atoms with Crippen LogP contribution in [-0.4, -0.2) is 30.9 Å². The second-order valence-electron chi connectivity index (χ2n) is 5.25. The summed E-state index contributed by atoms with van der Waals surface area (Å²) in [6.07, 6.45) is 3.56. The Morgan fingerprint density at radius 1 is 1.35 bits per heavy atom. The van der Waals surface area contributed by atoms with Crippen molar-refractivity contribution in [3.8, 4) is 5.75 Å². The molecule has 5 nitrogen and oxygen atoms in total. The summed E-state index contributed by atoms with van der Waals surface area (Å²) < 4.78 is 5.06. The van der Waals surface area contributed by atoms with Gasteiger partial charge in [0.1, 0.15) is 5.75 Å². The third-order valence-electron chi connectivity index (χ3n) is 3.65. The average molecular weight is 278 g/mol. The molecule has 2 atom stereocenters. The molecule has 5 heteroatoms. The lowest BCUT2D eigenvalue weighted by Crippen LogP contribution is -2.35. The number of rotatable bonds is 4. The van der Waals surface area contributed by atoms with E-state index < -0.39 is 0 Å². The summed E-state index contributed by atoms with van der Waals surface area (Å²) in [5.41, 5.74) is 0.729. The molecule has 2 unspecified atom stereocenters. The van der Waals surface area contributed by atoms with Crippen molar-refractivity contribution < 1.29 is 14.6 Å². The maximum atomic E-state index is 11.8. The van der Waals surface area contributed by atoms with Gasteiger partial charge >= 0.3 is 6.03 Å². The Morgan fingerprint density at radius 2 is 2.10 bits per heavy atom. The Labute approximate surface area is 119 Å². The Morgan fingerprint density at radius 3 is 2.75 bits per heavy atom. The SMILES string of the molecule is COc1ccc(NC(=O)NCC2CCCC(O)C2)cc1. The van der Waals surface area contributed by atoms with Gasteiger partial charge in [0.2, 0.25) is 0 Å². The van der Waals surface area contributed by atoms with Gasteiger partial charge in [-0.05, 0) is 49.4 Å². The van der Waals surface area contributed by atoms with Crippen LogP contribution >= 0.6 is 0 Å². The van der Waals surface area contributed by atoms with Gasteiger partial charge in [0.15, 0.2) is 0 Å². The Hall–Kier alpha value is -1.75. The van der Waals surface area contributed by atoms with Crippen LogP contribution in [-0.2, 0) is 0 Å². The van der Waals surface area contributed by atoms with Crippen LogP contribution in [0.2, 0.25) is 0 Å². The number of aliphatic hydroxyl groups is 1. The van der Waals surface area contributed by atoms with Crippen molar-refractivity contribution in [2.75, 3.05) is 19.0 Å². The van der Waals surface area contributed by atoms with Gasteiger partial charge in [-0.25, -0.2) is 4.79 Å². The van der Waals surface area contributed by atoms with E-state index in [1.807, 2.05) is 0 Å². The molecule has 1 aliphatic carbocycles. The maximum absolute atomic E-state index is 11.8. The number of aliphatic hydroxyl groups excluding tert-OH is 1. The molecule has 1 aromatic rings. The summed E-state index contributed by atoms with van der Waals surface area (Å²) in [6, 6.07) is 6.97. The zero-order valence-electron chi connectivity index (χ0n) is 11.8. The van der Waals surface area contributed by atoms with Crippen LogP contribution in [0.15, 0.2) is 24.3 Å². The molecule has 0 saturated heterocycles. The molecule has 0 aliphatic heterocycles. The van der Waals surface area contributed by atoms with Gasteiger partial charge in [0, 0.05) is 12.2 Å². The van der Waals surface area contributed by atoms with Crippen molar-refractivity contribution in [1.82, 2.24) is 5.32 Å². The molecule has 0 radical (unpaired) electrons. The third-order valence-corrected chi connectivity index (χ3v) is 3.65. The fourth-order valence-corrected chi connectivity index (χ4v) is 2.53. The first kappa shape index (κ1) is 14.7. The first-order valence-corrected chi connectivity index (χ1v) is 7.04. The highest BCUT2D eigenvalue weighted by molar-refractivity contribution is 5.89. The number of methoxy groups -OCH3 is 1. The molecule has 20 heavy (non-hydrogen) atoms. The van der Waals surface area contributed by atoms with Crippen LogP contribution < -0.4 is 15.4 Å². The minimum atomic E-state index is -0.213. The van der Waals surface area contributed by atoms with Crippen molar-refractivity contribution in [3.63, 3.8) is 0 Å². The van der Waals surface area contributed by atoms with E-state index in [1.165, 1.54) is 0 Å². The van der Waals surface area contributed by atoms with E-state index in [0.29, 0.717) is 12.5 Å². The first-order chi connectivity index (χ1) is 9.67. The predicted molar refractivity (Wildman–Crippen MR) is 78.0 cm³/mol. The quantitative estimate of drug-likeness (QED) is 0.792. The zero-order valence-corrected chi connectivity index (χ0v) is 11.8. The van der Waals surface area contributed by atoms with Gasteiger partial charge in [-0.3, -0.25) is 0 Å². The second-order valence-corrected chi connectivity index (χ2v) is 5.25. The predicted octanol–water partition coefficient (Wildman–Crippen LogP) is 2.37. The highest BCUT2D eigenvalue weighted by Gasteiger charge is 2.20. The van der Waals surface area contributed by atoms with Crippen LogP contribution in [0.5, 0.6) is 5.75 Å². The first-order valence-electron chi connectivity index (χ1n) is 7.04. The molecular formula is C15H22N2O3. The van der Waals surface area contributed by atoms with Crippen molar-refractivity contribution >= 4 is 11.7 Å². The fraction of sp³-hybridized carbons (Fsp3) is 0.533. The molecule has 1 aliphatic rings. The van der Waals surface area contributed by atoms with E-state index in [2.05, 4.69) is 10.6 Å². The van der Waals surface area contributed by atoms with Gasteiger partial charge < -0.3 is 20.5 Å². The highest BCUT2D eigenvalue weighted by Crippen LogP contribution is 2.23. The maximum Gasteiger partial charge on any atom is 0.319 e. The van der Waals surface area contributed by atoms with Crippen LogP contribution in [0, 0.1) is 5.92 Å². The molecule has 0 aromatic heterocycles. The van der Waals surface area contributed by atoms with Gasteiger partial charge in [0.05, 0.1) is 13.2 Å². The summed E-state index contributed by atoms with van der Waals surface area (Å²) >= 11 is 0. The van der Waals surface area contributed by atoms with Crippen LogP contribution in [0.1, 0.15) is 25.7 Å². The molecule has 2 rings (SSSR count). The smallest absolute Gasteiger partial charge is 0.319 e. The van der Waals surface area contributed by atoms with E-state index in [1.54, 1.807) is 31.4 Å². The summed E-state index contributed by atoms with van der Waals surface area (Å²) in [5, 5.41) is 15.2. The molecule has 2 amide bonds. The summed E-state index contributed by atoms with van der Waals surface area (Å²) in [4.78, 5) is 11.8. The molecule has 1 fully saturated rings. The summed E-state index contributed by atoms with van der Waals surface area (Å²) in [5.74, 6) is 1.13. The summed E-state index contributed by atoms with van der Waals surface area (Å²) in [6.45, 7) is 0.610. The molecule has 0 heterocycles. The number of hydrogen-bond acceptors (Lipinski definition) is 3. The third kappa shape index (κ3) is 4.42. The minimum Gasteiger partial charge on any atom is -0.497 e. The molecule has 1 saturated carbocycles. The van der Waals surface area contributed by atoms with Crippen molar-refractivity contribution in [1.29, 1.82) is 0 Å². The Kier molecular flexibility index (Phi) is 5.24. The standard InChI is InChI=1S/C15H22N2O3/c1-20-14-7-5-12(6-8-14)17-15(19)16-10-11-3-2-4-13(18)9-11/h5-8,11,13,18H,2-4,9-10H2,1H3,(H2,16,17,19). The highest BCUT2D eigenvalue weighted by atomic mass is 16.5. The second kappa shape index (κ2) is 7.14.